The molecule has 0 heterocycles. The average molecular weight is 384 g/mol. The van der Waals surface area contributed by atoms with E-state index in [1.165, 1.54) is 17.0 Å². The van der Waals surface area contributed by atoms with E-state index in [0.29, 0.717) is 25.7 Å². The molecule has 1 aromatic rings. The second-order valence-corrected chi connectivity index (χ2v) is 7.35. The number of amides is 2. The van der Waals surface area contributed by atoms with Crippen LogP contribution in [0.25, 0.3) is 0 Å². The van der Waals surface area contributed by atoms with Gasteiger partial charge in [-0.1, -0.05) is 18.2 Å². The number of alkyl halides is 3. The van der Waals surface area contributed by atoms with Crippen LogP contribution in [0.3, 0.4) is 0 Å². The topological polar surface area (TPSA) is 69.6 Å². The molecule has 0 bridgehead atoms. The molecule has 0 spiro atoms. The summed E-state index contributed by atoms with van der Waals surface area (Å²) in [6, 6.07) is 4.78. The minimum absolute atomic E-state index is 0.0401. The number of carboxylic acids is 1. The molecule has 148 valence electrons. The number of nitrogens with zero attached hydrogens (tertiary/aromatic N) is 1. The van der Waals surface area contributed by atoms with Crippen LogP contribution in [0.5, 0.6) is 0 Å². The molecule has 2 saturated carbocycles. The van der Waals surface area contributed by atoms with Gasteiger partial charge in [0.25, 0.3) is 0 Å². The summed E-state index contributed by atoms with van der Waals surface area (Å²) in [6.07, 6.45) is -0.750. The molecule has 2 N–H and O–H groups in total. The van der Waals surface area contributed by atoms with Crippen molar-refractivity contribution in [1.29, 1.82) is 0 Å². The molecule has 5 nitrogen and oxygen atoms in total. The lowest BCUT2D eigenvalue weighted by atomic mass is 9.86. The molecule has 2 aliphatic carbocycles. The average Bonchev–Trinajstić information content (AvgIpc) is 3.44. The van der Waals surface area contributed by atoms with E-state index in [0.717, 1.165) is 18.9 Å². The number of nitrogens with one attached hydrogen (secondary N) is 1. The summed E-state index contributed by atoms with van der Waals surface area (Å²) in [6.45, 7) is -0.0867. The van der Waals surface area contributed by atoms with Crippen molar-refractivity contribution >= 4 is 12.0 Å². The van der Waals surface area contributed by atoms with Crippen LogP contribution >= 0.6 is 0 Å². The van der Waals surface area contributed by atoms with Crippen molar-refractivity contribution in [2.45, 2.75) is 63.3 Å². The van der Waals surface area contributed by atoms with Crippen molar-refractivity contribution in [2.24, 2.45) is 5.92 Å². The Morgan fingerprint density at radius 2 is 1.70 bits per heavy atom. The molecule has 0 unspecified atom stereocenters. The minimum atomic E-state index is -4.46. The Morgan fingerprint density at radius 3 is 2.26 bits per heavy atom. The molecule has 2 aliphatic rings. The van der Waals surface area contributed by atoms with Gasteiger partial charge in [-0.2, -0.15) is 13.2 Å². The molecule has 2 amide bonds. The Morgan fingerprint density at radius 1 is 1.07 bits per heavy atom. The van der Waals surface area contributed by atoms with Gasteiger partial charge in [0.15, 0.2) is 0 Å². The number of aliphatic carboxylic acids is 1. The Bertz CT molecular complexity index is 696. The molecule has 0 saturated heterocycles. The Kier molecular flexibility index (Phi) is 5.62. The number of hydrogen-bond donors (Lipinski definition) is 2. The maximum absolute atomic E-state index is 13.2. The SMILES string of the molecule is O=C(O)C1CCC(NC(=O)N(Cc2ccccc2C(F)(F)F)C2CC2)CC1. The van der Waals surface area contributed by atoms with Crippen molar-refractivity contribution in [2.75, 3.05) is 0 Å². The summed E-state index contributed by atoms with van der Waals surface area (Å²) in [5.74, 6) is -1.19. The maximum Gasteiger partial charge on any atom is 0.416 e. The van der Waals surface area contributed by atoms with Crippen LogP contribution in [-0.4, -0.2) is 34.1 Å². The summed E-state index contributed by atoms with van der Waals surface area (Å²) >= 11 is 0. The number of carbonyl (C=O) groups excluding carboxylic acids is 1. The first kappa shape index (κ1) is 19.5. The number of halogens is 3. The van der Waals surface area contributed by atoms with Crippen molar-refractivity contribution in [3.05, 3.63) is 35.4 Å². The Hall–Kier alpha value is -2.25. The Labute approximate surface area is 155 Å². The quantitative estimate of drug-likeness (QED) is 0.806. The van der Waals surface area contributed by atoms with Crippen LogP contribution in [0.15, 0.2) is 24.3 Å². The predicted octanol–water partition coefficient (Wildman–Crippen LogP) is 4.02. The zero-order chi connectivity index (χ0) is 19.6. The fourth-order valence-electron chi connectivity index (χ4n) is 3.61. The van der Waals surface area contributed by atoms with E-state index in [-0.39, 0.29) is 36.1 Å². The fourth-order valence-corrected chi connectivity index (χ4v) is 3.61. The molecule has 1 aromatic carbocycles. The van der Waals surface area contributed by atoms with E-state index in [1.54, 1.807) is 6.07 Å². The van der Waals surface area contributed by atoms with Gasteiger partial charge >= 0.3 is 18.2 Å². The van der Waals surface area contributed by atoms with E-state index >= 15 is 0 Å². The number of benzene rings is 1. The summed E-state index contributed by atoms with van der Waals surface area (Å²) in [5, 5.41) is 11.9. The molecule has 2 fully saturated rings. The second kappa shape index (κ2) is 7.78. The number of carbonyl (C=O) groups is 2. The third-order valence-corrected chi connectivity index (χ3v) is 5.32. The molecule has 0 aromatic heterocycles. The van der Waals surface area contributed by atoms with Crippen LogP contribution in [0.1, 0.15) is 49.7 Å². The van der Waals surface area contributed by atoms with Crippen molar-refractivity contribution in [3.63, 3.8) is 0 Å². The number of carboxylic acid groups (broad SMARTS) is 1. The molecular weight excluding hydrogens is 361 g/mol. The molecule has 0 atom stereocenters. The predicted molar refractivity (Wildman–Crippen MR) is 91.9 cm³/mol. The maximum atomic E-state index is 13.2. The molecule has 0 aliphatic heterocycles. The van der Waals surface area contributed by atoms with Gasteiger partial charge in [-0.25, -0.2) is 4.79 Å². The van der Waals surface area contributed by atoms with Crippen LogP contribution in [0.2, 0.25) is 0 Å². The number of rotatable bonds is 5. The highest BCUT2D eigenvalue weighted by molar-refractivity contribution is 5.75. The van der Waals surface area contributed by atoms with E-state index in [2.05, 4.69) is 5.32 Å². The van der Waals surface area contributed by atoms with Gasteiger partial charge in [0.2, 0.25) is 0 Å². The molecule has 3 rings (SSSR count). The van der Waals surface area contributed by atoms with Gasteiger partial charge < -0.3 is 15.3 Å². The largest absolute Gasteiger partial charge is 0.481 e. The van der Waals surface area contributed by atoms with Crippen LogP contribution < -0.4 is 5.32 Å². The fraction of sp³-hybridized carbons (Fsp3) is 0.579. The van der Waals surface area contributed by atoms with Crippen LogP contribution in [-0.2, 0) is 17.5 Å². The minimum Gasteiger partial charge on any atom is -0.481 e. The highest BCUT2D eigenvalue weighted by Gasteiger charge is 2.38. The molecule has 27 heavy (non-hydrogen) atoms. The van der Waals surface area contributed by atoms with E-state index < -0.39 is 17.7 Å². The normalized spacial score (nSPS) is 22.9. The second-order valence-electron chi connectivity index (χ2n) is 7.35. The summed E-state index contributed by atoms with van der Waals surface area (Å²) in [5.41, 5.74) is -0.632. The van der Waals surface area contributed by atoms with Crippen molar-refractivity contribution in [3.8, 4) is 0 Å². The van der Waals surface area contributed by atoms with Gasteiger partial charge in [0, 0.05) is 18.6 Å². The van der Waals surface area contributed by atoms with Crippen molar-refractivity contribution < 1.29 is 27.9 Å². The molecule has 8 heteroatoms. The zero-order valence-corrected chi connectivity index (χ0v) is 14.8. The first-order valence-electron chi connectivity index (χ1n) is 9.20. The van der Waals surface area contributed by atoms with Crippen molar-refractivity contribution in [1.82, 2.24) is 10.2 Å². The lowest BCUT2D eigenvalue weighted by Crippen LogP contribution is -2.47. The standard InChI is InChI=1S/C19H23F3N2O3/c20-19(21,22)16-4-2-1-3-13(16)11-24(15-9-10-15)18(27)23-14-7-5-12(6-8-14)17(25)26/h1-4,12,14-15H,5-11H2,(H,23,27)(H,25,26). The number of hydrogen-bond acceptors (Lipinski definition) is 2. The Balaban J connectivity index is 1.65. The lowest BCUT2D eigenvalue weighted by molar-refractivity contribution is -0.143. The monoisotopic (exact) mass is 384 g/mol. The molecular formula is C19H23F3N2O3. The van der Waals surface area contributed by atoms with Gasteiger partial charge in [-0.15, -0.1) is 0 Å². The molecule has 0 radical (unpaired) electrons. The van der Waals surface area contributed by atoms with E-state index in [1.807, 2.05) is 0 Å². The summed E-state index contributed by atoms with van der Waals surface area (Å²) in [4.78, 5) is 25.2. The van der Waals surface area contributed by atoms with Gasteiger partial charge in [0.1, 0.15) is 0 Å². The highest BCUT2D eigenvalue weighted by Crippen LogP contribution is 2.35. The first-order valence-corrected chi connectivity index (χ1v) is 9.20. The third kappa shape index (κ3) is 4.93. The first-order chi connectivity index (χ1) is 12.8. The van der Waals surface area contributed by atoms with Gasteiger partial charge in [-0.3, -0.25) is 4.79 Å². The van der Waals surface area contributed by atoms with E-state index in [4.69, 9.17) is 5.11 Å². The zero-order valence-electron chi connectivity index (χ0n) is 14.8. The highest BCUT2D eigenvalue weighted by atomic mass is 19.4. The lowest BCUT2D eigenvalue weighted by Gasteiger charge is -2.30. The van der Waals surface area contributed by atoms with Gasteiger partial charge in [0.05, 0.1) is 11.5 Å². The van der Waals surface area contributed by atoms with Crippen LogP contribution in [0.4, 0.5) is 18.0 Å². The van der Waals surface area contributed by atoms with E-state index in [9.17, 15) is 22.8 Å². The van der Waals surface area contributed by atoms with Gasteiger partial charge in [-0.05, 0) is 50.2 Å². The summed E-state index contributed by atoms with van der Waals surface area (Å²) in [7, 11) is 0. The smallest absolute Gasteiger partial charge is 0.416 e. The number of urea groups is 1. The summed E-state index contributed by atoms with van der Waals surface area (Å²) < 4.78 is 39.7. The third-order valence-electron chi connectivity index (χ3n) is 5.32. The van der Waals surface area contributed by atoms with Crippen LogP contribution in [0, 0.1) is 5.92 Å².